The van der Waals surface area contributed by atoms with Gasteiger partial charge in [0, 0.05) is 31.5 Å². The SMILES string of the molecule is O=c1cc(-c2cc(Cl)cc(Cl)c2)c2cc(Br)ccc2[nH]1. The van der Waals surface area contributed by atoms with E-state index in [1.54, 1.807) is 24.3 Å². The van der Waals surface area contributed by atoms with Crippen LogP contribution in [0.15, 0.2) is 51.7 Å². The van der Waals surface area contributed by atoms with E-state index in [2.05, 4.69) is 20.9 Å². The van der Waals surface area contributed by atoms with Gasteiger partial charge in [-0.1, -0.05) is 39.1 Å². The van der Waals surface area contributed by atoms with Gasteiger partial charge < -0.3 is 4.98 Å². The molecule has 100 valence electrons. The first-order valence-corrected chi connectivity index (χ1v) is 7.37. The van der Waals surface area contributed by atoms with Gasteiger partial charge >= 0.3 is 0 Å². The van der Waals surface area contributed by atoms with Crippen LogP contribution in [0, 0.1) is 0 Å². The Morgan fingerprint density at radius 3 is 2.35 bits per heavy atom. The van der Waals surface area contributed by atoms with Crippen molar-refractivity contribution in [2.75, 3.05) is 0 Å². The molecule has 20 heavy (non-hydrogen) atoms. The third-order valence-corrected chi connectivity index (χ3v) is 3.91. The molecule has 0 saturated heterocycles. The van der Waals surface area contributed by atoms with Crippen molar-refractivity contribution in [3.05, 3.63) is 67.3 Å². The van der Waals surface area contributed by atoms with Gasteiger partial charge in [-0.3, -0.25) is 4.79 Å². The minimum atomic E-state index is -0.161. The summed E-state index contributed by atoms with van der Waals surface area (Å²) in [5.41, 5.74) is 2.23. The lowest BCUT2D eigenvalue weighted by Crippen LogP contribution is -2.04. The van der Waals surface area contributed by atoms with Crippen molar-refractivity contribution in [3.8, 4) is 11.1 Å². The minimum Gasteiger partial charge on any atom is -0.322 e. The van der Waals surface area contributed by atoms with Gasteiger partial charge in [0.1, 0.15) is 0 Å². The highest BCUT2D eigenvalue weighted by atomic mass is 79.9. The normalized spacial score (nSPS) is 10.9. The van der Waals surface area contributed by atoms with Crippen molar-refractivity contribution >= 4 is 50.0 Å². The first kappa shape index (κ1) is 13.7. The van der Waals surface area contributed by atoms with Gasteiger partial charge in [-0.15, -0.1) is 0 Å². The molecule has 3 aromatic rings. The zero-order valence-corrected chi connectivity index (χ0v) is 13.2. The molecule has 0 saturated carbocycles. The van der Waals surface area contributed by atoms with Crippen molar-refractivity contribution in [1.29, 1.82) is 0 Å². The fourth-order valence-electron chi connectivity index (χ4n) is 2.17. The summed E-state index contributed by atoms with van der Waals surface area (Å²) >= 11 is 15.5. The van der Waals surface area contributed by atoms with Crippen molar-refractivity contribution in [2.45, 2.75) is 0 Å². The molecule has 5 heteroatoms. The Hall–Kier alpha value is -1.29. The maximum Gasteiger partial charge on any atom is 0.249 e. The minimum absolute atomic E-state index is 0.161. The second-order valence-corrected chi connectivity index (χ2v) is 6.18. The number of aromatic amines is 1. The summed E-state index contributed by atoms with van der Waals surface area (Å²) in [6.07, 6.45) is 0. The zero-order chi connectivity index (χ0) is 14.3. The van der Waals surface area contributed by atoms with Crippen LogP contribution in [0.3, 0.4) is 0 Å². The van der Waals surface area contributed by atoms with E-state index < -0.39 is 0 Å². The molecule has 0 bridgehead atoms. The van der Waals surface area contributed by atoms with Gasteiger partial charge in [0.15, 0.2) is 0 Å². The van der Waals surface area contributed by atoms with Crippen LogP contribution < -0.4 is 5.56 Å². The summed E-state index contributed by atoms with van der Waals surface area (Å²) in [6, 6.07) is 12.5. The molecule has 0 atom stereocenters. The summed E-state index contributed by atoms with van der Waals surface area (Å²) in [5.74, 6) is 0. The van der Waals surface area contributed by atoms with Gasteiger partial charge in [0.2, 0.25) is 5.56 Å². The molecule has 0 unspecified atom stereocenters. The average molecular weight is 369 g/mol. The summed E-state index contributed by atoms with van der Waals surface area (Å²) in [7, 11) is 0. The molecule has 0 fully saturated rings. The number of nitrogens with one attached hydrogen (secondary N) is 1. The van der Waals surface area contributed by atoms with Gasteiger partial charge in [-0.25, -0.2) is 0 Å². The number of pyridine rings is 1. The van der Waals surface area contributed by atoms with Crippen molar-refractivity contribution < 1.29 is 0 Å². The fourth-order valence-corrected chi connectivity index (χ4v) is 3.06. The van der Waals surface area contributed by atoms with Gasteiger partial charge in [0.05, 0.1) is 0 Å². The molecule has 0 aliphatic rings. The number of fused-ring (bicyclic) bond motifs is 1. The number of hydrogen-bond donors (Lipinski definition) is 1. The Bertz CT molecular complexity index is 853. The highest BCUT2D eigenvalue weighted by Gasteiger charge is 2.08. The molecular formula is C15H8BrCl2NO. The van der Waals surface area contributed by atoms with Gasteiger partial charge in [-0.2, -0.15) is 0 Å². The van der Waals surface area contributed by atoms with Crippen molar-refractivity contribution in [3.63, 3.8) is 0 Å². The third kappa shape index (κ3) is 2.62. The summed E-state index contributed by atoms with van der Waals surface area (Å²) in [6.45, 7) is 0. The average Bonchev–Trinajstić information content (AvgIpc) is 2.37. The molecule has 1 aromatic heterocycles. The smallest absolute Gasteiger partial charge is 0.249 e. The summed E-state index contributed by atoms with van der Waals surface area (Å²) in [5, 5.41) is 2.00. The van der Waals surface area contributed by atoms with Crippen molar-refractivity contribution in [1.82, 2.24) is 4.98 Å². The molecule has 0 aliphatic carbocycles. The first-order valence-electron chi connectivity index (χ1n) is 5.82. The van der Waals surface area contributed by atoms with E-state index in [9.17, 15) is 4.79 Å². The number of H-pyrrole nitrogens is 1. The highest BCUT2D eigenvalue weighted by molar-refractivity contribution is 9.10. The maximum absolute atomic E-state index is 11.8. The van der Waals surface area contributed by atoms with Crippen LogP contribution in [0.4, 0.5) is 0 Å². The Kier molecular flexibility index (Phi) is 3.59. The molecule has 0 radical (unpaired) electrons. The van der Waals surface area contributed by atoms with Gasteiger partial charge in [0.25, 0.3) is 0 Å². The molecule has 1 heterocycles. The number of benzene rings is 2. The van der Waals surface area contributed by atoms with E-state index in [-0.39, 0.29) is 5.56 Å². The lowest BCUT2D eigenvalue weighted by Gasteiger charge is -2.08. The molecule has 2 aromatic carbocycles. The Morgan fingerprint density at radius 1 is 0.950 bits per heavy atom. The second kappa shape index (κ2) is 5.24. The molecular weight excluding hydrogens is 361 g/mol. The molecule has 3 rings (SSSR count). The van der Waals surface area contributed by atoms with Crippen LogP contribution in [0.1, 0.15) is 0 Å². The Labute approximate surface area is 133 Å². The quantitative estimate of drug-likeness (QED) is 0.623. The second-order valence-electron chi connectivity index (χ2n) is 4.40. The first-order chi connectivity index (χ1) is 9.52. The van der Waals surface area contributed by atoms with Crippen LogP contribution >= 0.6 is 39.1 Å². The monoisotopic (exact) mass is 367 g/mol. The van der Waals surface area contributed by atoms with Gasteiger partial charge in [-0.05, 0) is 47.5 Å². The largest absolute Gasteiger partial charge is 0.322 e. The van der Waals surface area contributed by atoms with Crippen molar-refractivity contribution in [2.24, 2.45) is 0 Å². The summed E-state index contributed by atoms with van der Waals surface area (Å²) < 4.78 is 0.937. The van der Waals surface area contributed by atoms with Crippen LogP contribution in [0.25, 0.3) is 22.0 Å². The van der Waals surface area contributed by atoms with E-state index >= 15 is 0 Å². The Balaban J connectivity index is 2.40. The molecule has 0 aliphatic heterocycles. The standard InChI is InChI=1S/C15H8BrCl2NO/c16-9-1-2-14-13(5-9)12(7-15(20)19-14)8-3-10(17)6-11(18)4-8/h1-7H,(H,19,20). The van der Waals surface area contributed by atoms with E-state index in [4.69, 9.17) is 23.2 Å². The number of aromatic nitrogens is 1. The number of hydrogen-bond acceptors (Lipinski definition) is 1. The number of halogens is 3. The van der Waals surface area contributed by atoms with E-state index in [1.807, 2.05) is 18.2 Å². The number of rotatable bonds is 1. The van der Waals surface area contributed by atoms with Crippen LogP contribution in [0.2, 0.25) is 10.0 Å². The third-order valence-electron chi connectivity index (χ3n) is 2.98. The molecule has 2 nitrogen and oxygen atoms in total. The van der Waals surface area contributed by atoms with Crippen LogP contribution in [-0.2, 0) is 0 Å². The Morgan fingerprint density at radius 2 is 1.65 bits per heavy atom. The lowest BCUT2D eigenvalue weighted by molar-refractivity contribution is 1.31. The maximum atomic E-state index is 11.8. The molecule has 1 N–H and O–H groups in total. The lowest BCUT2D eigenvalue weighted by atomic mass is 10.0. The highest BCUT2D eigenvalue weighted by Crippen LogP contribution is 2.32. The van der Waals surface area contributed by atoms with E-state index in [0.717, 1.165) is 26.5 Å². The van der Waals surface area contributed by atoms with Crippen LogP contribution in [-0.4, -0.2) is 4.98 Å². The van der Waals surface area contributed by atoms with Crippen LogP contribution in [0.5, 0.6) is 0 Å². The summed E-state index contributed by atoms with van der Waals surface area (Å²) in [4.78, 5) is 14.6. The van der Waals surface area contributed by atoms with E-state index in [1.165, 1.54) is 0 Å². The molecule has 0 amide bonds. The fraction of sp³-hybridized carbons (Fsp3) is 0. The predicted octanol–water partition coefficient (Wildman–Crippen LogP) is 5.26. The predicted molar refractivity (Wildman–Crippen MR) is 87.7 cm³/mol. The topological polar surface area (TPSA) is 32.9 Å². The van der Waals surface area contributed by atoms with E-state index in [0.29, 0.717) is 10.0 Å². The zero-order valence-electron chi connectivity index (χ0n) is 10.1. The molecule has 0 spiro atoms.